The molecular weight excluding hydrogens is 90.1 g/mol. The Morgan fingerprint density at radius 2 is 2.00 bits per heavy atom. The second-order valence-corrected chi connectivity index (χ2v) is 2.23. The van der Waals surface area contributed by atoms with Crippen LogP contribution in [0.25, 0.3) is 0 Å². The van der Waals surface area contributed by atoms with Gasteiger partial charge in [0.05, 0.1) is 6.10 Å². The molecule has 0 aromatic rings. The number of hydroxylamine groups is 2. The van der Waals surface area contributed by atoms with Gasteiger partial charge in [0.2, 0.25) is 0 Å². The van der Waals surface area contributed by atoms with Crippen LogP contribution in [0.2, 0.25) is 0 Å². The van der Waals surface area contributed by atoms with E-state index < -0.39 is 0 Å². The minimum atomic E-state index is 0.613. The van der Waals surface area contributed by atoms with E-state index >= 15 is 0 Å². The van der Waals surface area contributed by atoms with Gasteiger partial charge < -0.3 is 0 Å². The maximum absolute atomic E-state index is 5.31. The molecule has 0 aromatic carbocycles. The minimum Gasteiger partial charge on any atom is -0.296 e. The third-order valence-corrected chi connectivity index (χ3v) is 1.23. The largest absolute Gasteiger partial charge is 0.296 e. The van der Waals surface area contributed by atoms with Crippen molar-refractivity contribution in [1.29, 1.82) is 0 Å². The molecule has 1 saturated carbocycles. The first-order valence-electron chi connectivity index (χ1n) is 2.87. The van der Waals surface area contributed by atoms with E-state index in [0.29, 0.717) is 6.10 Å². The van der Waals surface area contributed by atoms with Crippen molar-refractivity contribution in [2.75, 3.05) is 13.1 Å². The van der Waals surface area contributed by atoms with Crippen LogP contribution in [-0.2, 0) is 4.84 Å². The van der Waals surface area contributed by atoms with Crippen molar-refractivity contribution in [3.8, 4) is 0 Å². The molecule has 0 atom stereocenters. The fourth-order valence-corrected chi connectivity index (χ4v) is 0.531. The van der Waals surface area contributed by atoms with Crippen LogP contribution in [0.1, 0.15) is 12.8 Å². The Labute approximate surface area is 43.0 Å². The summed E-state index contributed by atoms with van der Waals surface area (Å²) in [5, 5.41) is 2.01. The molecular formula is C5H9NO. The molecule has 2 aliphatic rings. The van der Waals surface area contributed by atoms with Gasteiger partial charge in [-0.25, -0.2) is 0 Å². The minimum absolute atomic E-state index is 0.613. The predicted molar refractivity (Wildman–Crippen MR) is 25.7 cm³/mol. The van der Waals surface area contributed by atoms with Gasteiger partial charge in [-0.15, -0.1) is 0 Å². The van der Waals surface area contributed by atoms with Crippen molar-refractivity contribution in [2.24, 2.45) is 0 Å². The lowest BCUT2D eigenvalue weighted by Crippen LogP contribution is -1.99. The Bertz CT molecular complexity index is 66.1. The molecule has 0 N–H and O–H groups in total. The lowest BCUT2D eigenvalue weighted by atomic mass is 10.9. The molecule has 40 valence electrons. The number of rotatable bonds is 2. The van der Waals surface area contributed by atoms with Crippen LogP contribution < -0.4 is 0 Å². The first-order chi connectivity index (χ1) is 3.45. The predicted octanol–water partition coefficient (Wildman–Crippen LogP) is 0.396. The van der Waals surface area contributed by atoms with Gasteiger partial charge in [0.15, 0.2) is 0 Å². The summed E-state index contributed by atoms with van der Waals surface area (Å²) < 4.78 is 0. The normalized spacial score (nSPS) is 30.9. The third-order valence-electron chi connectivity index (χ3n) is 1.23. The molecule has 1 saturated heterocycles. The lowest BCUT2D eigenvalue weighted by molar-refractivity contribution is -0.0763. The van der Waals surface area contributed by atoms with E-state index in [1.165, 1.54) is 12.8 Å². The highest BCUT2D eigenvalue weighted by molar-refractivity contribution is 4.74. The second kappa shape index (κ2) is 1.20. The van der Waals surface area contributed by atoms with Crippen LogP contribution in [0.15, 0.2) is 0 Å². The van der Waals surface area contributed by atoms with E-state index in [1.807, 2.05) is 5.06 Å². The molecule has 2 fully saturated rings. The summed E-state index contributed by atoms with van der Waals surface area (Å²) in [5.41, 5.74) is 0. The lowest BCUT2D eigenvalue weighted by Gasteiger charge is -1.95. The van der Waals surface area contributed by atoms with Gasteiger partial charge in [-0.05, 0) is 12.8 Å². The maximum Gasteiger partial charge on any atom is 0.0795 e. The molecule has 1 heterocycles. The van der Waals surface area contributed by atoms with E-state index in [-0.39, 0.29) is 0 Å². The molecule has 0 radical (unpaired) electrons. The molecule has 2 nitrogen and oxygen atoms in total. The van der Waals surface area contributed by atoms with Crippen molar-refractivity contribution >= 4 is 0 Å². The van der Waals surface area contributed by atoms with Crippen molar-refractivity contribution in [1.82, 2.24) is 5.06 Å². The Morgan fingerprint density at radius 1 is 1.29 bits per heavy atom. The highest BCUT2D eigenvalue weighted by atomic mass is 16.7. The monoisotopic (exact) mass is 99.1 g/mol. The SMILES string of the molecule is C1CC1ON1CC1. The van der Waals surface area contributed by atoms with Gasteiger partial charge in [-0.2, -0.15) is 5.06 Å². The Kier molecular flexibility index (Phi) is 0.664. The van der Waals surface area contributed by atoms with Gasteiger partial charge in [-0.1, -0.05) is 0 Å². The zero-order valence-electron chi connectivity index (χ0n) is 4.26. The van der Waals surface area contributed by atoms with Crippen LogP contribution in [0.3, 0.4) is 0 Å². The van der Waals surface area contributed by atoms with Crippen molar-refractivity contribution in [3.05, 3.63) is 0 Å². The zero-order valence-corrected chi connectivity index (χ0v) is 4.26. The van der Waals surface area contributed by atoms with Crippen LogP contribution >= 0.6 is 0 Å². The summed E-state index contributed by atoms with van der Waals surface area (Å²) >= 11 is 0. The molecule has 7 heavy (non-hydrogen) atoms. The highest BCUT2D eigenvalue weighted by Crippen LogP contribution is 2.26. The van der Waals surface area contributed by atoms with Gasteiger partial charge in [0, 0.05) is 13.1 Å². The fraction of sp³-hybridized carbons (Fsp3) is 1.00. The second-order valence-electron chi connectivity index (χ2n) is 2.23. The number of hydrogen-bond acceptors (Lipinski definition) is 2. The number of hydrogen-bond donors (Lipinski definition) is 0. The molecule has 2 rings (SSSR count). The molecule has 0 unspecified atom stereocenters. The van der Waals surface area contributed by atoms with Crippen molar-refractivity contribution in [3.63, 3.8) is 0 Å². The molecule has 0 amide bonds. The summed E-state index contributed by atoms with van der Waals surface area (Å²) in [4.78, 5) is 5.31. The van der Waals surface area contributed by atoms with Crippen LogP contribution in [0.5, 0.6) is 0 Å². The standard InChI is InChI=1S/C5H9NO/c1-2-5(1)7-6-3-4-6/h5H,1-4H2. The summed E-state index contributed by atoms with van der Waals surface area (Å²) in [7, 11) is 0. The molecule has 1 aliphatic heterocycles. The van der Waals surface area contributed by atoms with Gasteiger partial charge in [-0.3, -0.25) is 4.84 Å². The molecule has 0 spiro atoms. The highest BCUT2D eigenvalue weighted by Gasteiger charge is 2.29. The molecule has 1 aliphatic carbocycles. The van der Waals surface area contributed by atoms with Crippen LogP contribution in [-0.4, -0.2) is 24.3 Å². The zero-order chi connectivity index (χ0) is 4.69. The van der Waals surface area contributed by atoms with Gasteiger partial charge >= 0.3 is 0 Å². The first-order valence-corrected chi connectivity index (χ1v) is 2.87. The smallest absolute Gasteiger partial charge is 0.0795 e. The Morgan fingerprint density at radius 3 is 2.43 bits per heavy atom. The van der Waals surface area contributed by atoms with Crippen molar-refractivity contribution < 1.29 is 4.84 Å². The van der Waals surface area contributed by atoms with Gasteiger partial charge in [0.1, 0.15) is 0 Å². The Balaban J connectivity index is 1.69. The van der Waals surface area contributed by atoms with Gasteiger partial charge in [0.25, 0.3) is 0 Å². The summed E-state index contributed by atoms with van der Waals surface area (Å²) in [6.45, 7) is 2.33. The quantitative estimate of drug-likeness (QED) is 0.464. The van der Waals surface area contributed by atoms with E-state index in [9.17, 15) is 0 Å². The van der Waals surface area contributed by atoms with E-state index in [0.717, 1.165) is 13.1 Å². The first kappa shape index (κ1) is 3.87. The fourth-order valence-electron chi connectivity index (χ4n) is 0.531. The van der Waals surface area contributed by atoms with E-state index in [2.05, 4.69) is 0 Å². The topological polar surface area (TPSA) is 12.2 Å². The molecule has 0 bridgehead atoms. The summed E-state index contributed by atoms with van der Waals surface area (Å²) in [6, 6.07) is 0. The van der Waals surface area contributed by atoms with E-state index in [4.69, 9.17) is 4.84 Å². The molecule has 0 aromatic heterocycles. The maximum atomic E-state index is 5.31. The van der Waals surface area contributed by atoms with Crippen LogP contribution in [0, 0.1) is 0 Å². The van der Waals surface area contributed by atoms with Crippen molar-refractivity contribution in [2.45, 2.75) is 18.9 Å². The van der Waals surface area contributed by atoms with E-state index in [1.54, 1.807) is 0 Å². The summed E-state index contributed by atoms with van der Waals surface area (Å²) in [6.07, 6.45) is 3.19. The van der Waals surface area contributed by atoms with Crippen LogP contribution in [0.4, 0.5) is 0 Å². The third kappa shape index (κ3) is 0.924. The Hall–Kier alpha value is -0.0800. The summed E-state index contributed by atoms with van der Waals surface area (Å²) in [5.74, 6) is 0. The average Bonchev–Trinajstić information content (AvgIpc) is 2.33. The average molecular weight is 99.1 g/mol. The number of nitrogens with zero attached hydrogens (tertiary/aromatic N) is 1. The molecule has 2 heteroatoms.